The van der Waals surface area contributed by atoms with Gasteiger partial charge in [0.05, 0.1) is 16.8 Å². The van der Waals surface area contributed by atoms with Gasteiger partial charge in [0.25, 0.3) is 5.69 Å². The number of nitro groups is 1. The van der Waals surface area contributed by atoms with Gasteiger partial charge < -0.3 is 15.1 Å². The van der Waals surface area contributed by atoms with Crippen molar-refractivity contribution in [2.45, 2.75) is 13.8 Å². The summed E-state index contributed by atoms with van der Waals surface area (Å²) in [6.45, 7) is 10.6. The number of nitrogens with one attached hydrogen (secondary N) is 1. The Morgan fingerprint density at radius 1 is 1.15 bits per heavy atom. The van der Waals surface area contributed by atoms with Crippen LogP contribution in [0.15, 0.2) is 36.7 Å². The number of hydrogen-bond acceptors (Lipinski definition) is 7. The van der Waals surface area contributed by atoms with Gasteiger partial charge >= 0.3 is 0 Å². The fourth-order valence-corrected chi connectivity index (χ4v) is 2.82. The number of rotatable bonds is 5. The molecule has 0 bridgehead atoms. The molecule has 0 saturated carbocycles. The van der Waals surface area contributed by atoms with Gasteiger partial charge in [-0.1, -0.05) is 11.6 Å². The molecule has 8 nitrogen and oxygen atoms in total. The van der Waals surface area contributed by atoms with Crippen LogP contribution in [0.3, 0.4) is 0 Å². The van der Waals surface area contributed by atoms with Crippen LogP contribution in [0.25, 0.3) is 0 Å². The molecule has 1 aliphatic rings. The largest absolute Gasteiger partial charge is 0.371 e. The van der Waals surface area contributed by atoms with Gasteiger partial charge in [-0.05, 0) is 32.0 Å². The molecule has 2 aromatic rings. The van der Waals surface area contributed by atoms with Gasteiger partial charge in [0, 0.05) is 45.3 Å². The van der Waals surface area contributed by atoms with E-state index in [-0.39, 0.29) is 10.8 Å². The second kappa shape index (κ2) is 10.6. The Morgan fingerprint density at radius 2 is 1.85 bits per heavy atom. The third-order valence-electron chi connectivity index (χ3n) is 4.22. The fourth-order valence-electron chi connectivity index (χ4n) is 2.71. The molecule has 9 heteroatoms. The molecule has 2 aromatic heterocycles. The maximum absolute atomic E-state index is 10.0. The third kappa shape index (κ3) is 6.33. The van der Waals surface area contributed by atoms with Crippen LogP contribution < -0.4 is 15.1 Å². The van der Waals surface area contributed by atoms with Crippen LogP contribution in [0.5, 0.6) is 0 Å². The Morgan fingerprint density at radius 3 is 2.33 bits per heavy atom. The smallest absolute Gasteiger partial charge is 0.287 e. The van der Waals surface area contributed by atoms with Crippen LogP contribution in [0, 0.1) is 10.1 Å². The molecule has 1 N–H and O–H groups in total. The quantitative estimate of drug-likeness (QED) is 0.475. The number of halogens is 1. The van der Waals surface area contributed by atoms with Crippen molar-refractivity contribution in [3.05, 3.63) is 51.9 Å². The second-order valence-electron chi connectivity index (χ2n) is 5.88. The first-order chi connectivity index (χ1) is 13.0. The van der Waals surface area contributed by atoms with E-state index in [1.807, 2.05) is 6.20 Å². The van der Waals surface area contributed by atoms with Gasteiger partial charge in [0.1, 0.15) is 17.2 Å². The van der Waals surface area contributed by atoms with E-state index in [0.717, 1.165) is 51.3 Å². The van der Waals surface area contributed by atoms with E-state index >= 15 is 0 Å². The van der Waals surface area contributed by atoms with Crippen LogP contribution >= 0.6 is 11.6 Å². The number of piperazine rings is 1. The zero-order chi connectivity index (χ0) is 19.6. The normalized spacial score (nSPS) is 13.5. The lowest BCUT2D eigenvalue weighted by Crippen LogP contribution is -2.43. The summed E-state index contributed by atoms with van der Waals surface area (Å²) in [6.07, 6.45) is 3.10. The average Bonchev–Trinajstić information content (AvgIpc) is 2.71. The number of anilines is 2. The minimum atomic E-state index is -0.524. The standard InChI is InChI=1S/C13H22N4.C5H3ClN2O2/c1-3-16(4-2)12-5-6-13(15-11-12)17-9-7-14-8-10-17;6-5-2-1-4(3-7-5)8(9)10/h5-6,11,14H,3-4,7-10H2,1-2H3;1-3H. The molecule has 1 aliphatic heterocycles. The van der Waals surface area contributed by atoms with Gasteiger partial charge in [0.15, 0.2) is 0 Å². The summed E-state index contributed by atoms with van der Waals surface area (Å²) >= 11 is 5.38. The molecule has 1 saturated heterocycles. The lowest BCUT2D eigenvalue weighted by molar-refractivity contribution is -0.385. The highest BCUT2D eigenvalue weighted by Gasteiger charge is 2.11. The van der Waals surface area contributed by atoms with Crippen molar-refractivity contribution >= 4 is 28.8 Å². The van der Waals surface area contributed by atoms with E-state index in [1.54, 1.807) is 0 Å². The lowest BCUT2D eigenvalue weighted by Gasteiger charge is -2.29. The molecular weight excluding hydrogens is 368 g/mol. The first-order valence-corrected chi connectivity index (χ1v) is 9.35. The van der Waals surface area contributed by atoms with Crippen molar-refractivity contribution in [2.24, 2.45) is 0 Å². The molecule has 0 spiro atoms. The molecule has 3 heterocycles. The lowest BCUT2D eigenvalue weighted by atomic mass is 10.3. The number of hydrogen-bond donors (Lipinski definition) is 1. The molecule has 146 valence electrons. The van der Waals surface area contributed by atoms with Crippen molar-refractivity contribution in [1.82, 2.24) is 15.3 Å². The molecule has 0 amide bonds. The molecule has 1 fully saturated rings. The van der Waals surface area contributed by atoms with Crippen molar-refractivity contribution in [3.8, 4) is 0 Å². The Kier molecular flexibility index (Phi) is 8.22. The van der Waals surface area contributed by atoms with Gasteiger partial charge in [0.2, 0.25) is 0 Å². The SMILES string of the molecule is CCN(CC)c1ccc(N2CCNCC2)nc1.O=[N+]([O-])c1ccc(Cl)nc1. The highest BCUT2D eigenvalue weighted by molar-refractivity contribution is 6.29. The first-order valence-electron chi connectivity index (χ1n) is 8.97. The van der Waals surface area contributed by atoms with Crippen molar-refractivity contribution in [1.29, 1.82) is 0 Å². The second-order valence-corrected chi connectivity index (χ2v) is 6.27. The summed E-state index contributed by atoms with van der Waals surface area (Å²) in [5, 5.41) is 13.6. The van der Waals surface area contributed by atoms with Gasteiger partial charge in [-0.25, -0.2) is 9.97 Å². The summed E-state index contributed by atoms with van der Waals surface area (Å²) in [5.41, 5.74) is 1.17. The Hall–Kier alpha value is -2.45. The van der Waals surface area contributed by atoms with Crippen LogP contribution in [-0.4, -0.2) is 54.2 Å². The van der Waals surface area contributed by atoms with E-state index in [2.05, 4.69) is 51.1 Å². The Labute approximate surface area is 164 Å². The molecule has 3 rings (SSSR count). The first kappa shape index (κ1) is 20.9. The molecule has 27 heavy (non-hydrogen) atoms. The molecule has 0 radical (unpaired) electrons. The zero-order valence-electron chi connectivity index (χ0n) is 15.6. The van der Waals surface area contributed by atoms with Crippen LogP contribution in [0.4, 0.5) is 17.2 Å². The van der Waals surface area contributed by atoms with Gasteiger partial charge in [-0.15, -0.1) is 0 Å². The van der Waals surface area contributed by atoms with E-state index in [0.29, 0.717) is 0 Å². The summed E-state index contributed by atoms with van der Waals surface area (Å²) in [4.78, 5) is 22.3. The van der Waals surface area contributed by atoms with Crippen molar-refractivity contribution in [3.63, 3.8) is 0 Å². The topological polar surface area (TPSA) is 87.4 Å². The minimum absolute atomic E-state index is 0.0515. The summed E-state index contributed by atoms with van der Waals surface area (Å²) in [6, 6.07) is 6.99. The third-order valence-corrected chi connectivity index (χ3v) is 4.45. The monoisotopic (exact) mass is 392 g/mol. The molecule has 0 unspecified atom stereocenters. The highest BCUT2D eigenvalue weighted by Crippen LogP contribution is 2.17. The fraction of sp³-hybridized carbons (Fsp3) is 0.444. The summed E-state index contributed by atoms with van der Waals surface area (Å²) < 4.78 is 0. The van der Waals surface area contributed by atoms with Crippen molar-refractivity contribution in [2.75, 3.05) is 49.1 Å². The Bertz CT molecular complexity index is 701. The zero-order valence-corrected chi connectivity index (χ0v) is 16.4. The number of aromatic nitrogens is 2. The summed E-state index contributed by atoms with van der Waals surface area (Å²) in [5.74, 6) is 1.10. The van der Waals surface area contributed by atoms with Gasteiger partial charge in [-0.2, -0.15) is 0 Å². The van der Waals surface area contributed by atoms with Crippen LogP contribution in [0.1, 0.15) is 13.8 Å². The molecule has 0 aliphatic carbocycles. The van der Waals surface area contributed by atoms with Crippen LogP contribution in [0.2, 0.25) is 5.15 Å². The number of pyridine rings is 2. The molecule has 0 atom stereocenters. The van der Waals surface area contributed by atoms with E-state index < -0.39 is 4.92 Å². The summed E-state index contributed by atoms with van der Waals surface area (Å²) in [7, 11) is 0. The van der Waals surface area contributed by atoms with E-state index in [1.165, 1.54) is 17.8 Å². The molecular formula is C18H25ClN6O2. The average molecular weight is 393 g/mol. The predicted molar refractivity (Wildman–Crippen MR) is 109 cm³/mol. The number of nitrogens with zero attached hydrogens (tertiary/aromatic N) is 5. The van der Waals surface area contributed by atoms with Gasteiger partial charge in [-0.3, -0.25) is 10.1 Å². The van der Waals surface area contributed by atoms with E-state index in [4.69, 9.17) is 11.6 Å². The predicted octanol–water partition coefficient (Wildman–Crippen LogP) is 2.98. The van der Waals surface area contributed by atoms with Crippen LogP contribution in [-0.2, 0) is 0 Å². The maximum Gasteiger partial charge on any atom is 0.287 e. The Balaban J connectivity index is 0.000000223. The van der Waals surface area contributed by atoms with Crippen molar-refractivity contribution < 1.29 is 4.92 Å². The van der Waals surface area contributed by atoms with E-state index in [9.17, 15) is 10.1 Å². The highest BCUT2D eigenvalue weighted by atomic mass is 35.5. The minimum Gasteiger partial charge on any atom is -0.371 e. The molecule has 0 aromatic carbocycles. The maximum atomic E-state index is 10.0.